The van der Waals surface area contributed by atoms with E-state index in [2.05, 4.69) is 10.2 Å². The molecule has 2 heterocycles. The van der Waals surface area contributed by atoms with Gasteiger partial charge in [-0.05, 0) is 32.7 Å². The third kappa shape index (κ3) is 2.10. The summed E-state index contributed by atoms with van der Waals surface area (Å²) in [6.07, 6.45) is 2.19. The predicted octanol–water partition coefficient (Wildman–Crippen LogP) is 0.0759. The highest BCUT2D eigenvalue weighted by molar-refractivity contribution is 7.89. The number of aromatic amines is 1. The van der Waals surface area contributed by atoms with Gasteiger partial charge in [-0.2, -0.15) is 9.40 Å². The molecule has 2 atom stereocenters. The lowest BCUT2D eigenvalue weighted by molar-refractivity contribution is 0.404. The Morgan fingerprint density at radius 2 is 2.35 bits per heavy atom. The van der Waals surface area contributed by atoms with Gasteiger partial charge in [-0.3, -0.25) is 5.10 Å². The summed E-state index contributed by atoms with van der Waals surface area (Å²) in [6, 6.07) is 0.00264. The molecule has 96 valence electrons. The Bertz CT molecular complexity index is 496. The Morgan fingerprint density at radius 1 is 1.65 bits per heavy atom. The van der Waals surface area contributed by atoms with Crippen molar-refractivity contribution in [1.82, 2.24) is 14.5 Å². The lowest BCUT2D eigenvalue weighted by atomic mass is 10.1. The highest BCUT2D eigenvalue weighted by Gasteiger charge is 2.38. The van der Waals surface area contributed by atoms with Gasteiger partial charge in [0.25, 0.3) is 0 Å². The molecule has 0 saturated carbocycles. The molecule has 1 fully saturated rings. The molecular formula is C10H18N4O2S. The average molecular weight is 258 g/mol. The van der Waals surface area contributed by atoms with Crippen LogP contribution >= 0.6 is 0 Å². The third-order valence-electron chi connectivity index (χ3n) is 3.31. The summed E-state index contributed by atoms with van der Waals surface area (Å²) in [5.41, 5.74) is 6.19. The van der Waals surface area contributed by atoms with Gasteiger partial charge in [0.15, 0.2) is 0 Å². The van der Waals surface area contributed by atoms with Crippen LogP contribution in [0.15, 0.2) is 11.1 Å². The predicted molar refractivity (Wildman–Crippen MR) is 63.8 cm³/mol. The van der Waals surface area contributed by atoms with Crippen LogP contribution in [0.25, 0.3) is 0 Å². The third-order valence-corrected chi connectivity index (χ3v) is 5.40. The zero-order chi connectivity index (χ0) is 12.6. The van der Waals surface area contributed by atoms with Crippen LogP contribution in [-0.4, -0.2) is 42.1 Å². The first kappa shape index (κ1) is 12.5. The van der Waals surface area contributed by atoms with Crippen LogP contribution < -0.4 is 5.73 Å². The molecule has 1 aliphatic rings. The van der Waals surface area contributed by atoms with Crippen LogP contribution in [0, 0.1) is 12.8 Å². The maximum Gasteiger partial charge on any atom is 0.246 e. The Hall–Kier alpha value is -0.920. The van der Waals surface area contributed by atoms with Gasteiger partial charge in [-0.25, -0.2) is 8.42 Å². The number of nitrogens with zero attached hydrogens (tertiary/aromatic N) is 2. The summed E-state index contributed by atoms with van der Waals surface area (Å²) in [7, 11) is -3.43. The Morgan fingerprint density at radius 3 is 2.82 bits per heavy atom. The van der Waals surface area contributed by atoms with Crippen LogP contribution in [0.5, 0.6) is 0 Å². The second-order valence-corrected chi connectivity index (χ2v) is 6.48. The van der Waals surface area contributed by atoms with Gasteiger partial charge in [0.1, 0.15) is 4.90 Å². The molecule has 1 aliphatic heterocycles. The van der Waals surface area contributed by atoms with Crippen molar-refractivity contribution in [2.45, 2.75) is 31.2 Å². The summed E-state index contributed by atoms with van der Waals surface area (Å²) >= 11 is 0. The van der Waals surface area contributed by atoms with Crippen LogP contribution in [0.3, 0.4) is 0 Å². The minimum Gasteiger partial charge on any atom is -0.330 e. The SMILES string of the molecule is Cc1[nH]ncc1S(=O)(=O)N1CC(CN)CC1C. The maximum absolute atomic E-state index is 12.4. The quantitative estimate of drug-likeness (QED) is 0.803. The summed E-state index contributed by atoms with van der Waals surface area (Å²) in [6.45, 7) is 4.66. The molecular weight excluding hydrogens is 240 g/mol. The van der Waals surface area contributed by atoms with Crippen LogP contribution in [0.1, 0.15) is 19.0 Å². The molecule has 0 spiro atoms. The van der Waals surface area contributed by atoms with E-state index in [1.165, 1.54) is 10.5 Å². The largest absolute Gasteiger partial charge is 0.330 e. The van der Waals surface area contributed by atoms with E-state index in [0.29, 0.717) is 18.8 Å². The number of nitrogens with two attached hydrogens (primary N) is 1. The number of H-pyrrole nitrogens is 1. The molecule has 17 heavy (non-hydrogen) atoms. The van der Waals surface area contributed by atoms with E-state index in [9.17, 15) is 8.42 Å². The summed E-state index contributed by atoms with van der Waals surface area (Å²) in [4.78, 5) is 0.266. The van der Waals surface area contributed by atoms with E-state index in [0.717, 1.165) is 6.42 Å². The van der Waals surface area contributed by atoms with Crippen molar-refractivity contribution < 1.29 is 8.42 Å². The Kier molecular flexibility index (Phi) is 3.24. The molecule has 3 N–H and O–H groups in total. The highest BCUT2D eigenvalue weighted by Crippen LogP contribution is 2.29. The van der Waals surface area contributed by atoms with E-state index >= 15 is 0 Å². The van der Waals surface area contributed by atoms with Crippen LogP contribution in [-0.2, 0) is 10.0 Å². The standard InChI is InChI=1S/C10H18N4O2S/c1-7-3-9(4-11)6-14(7)17(15,16)10-5-12-13-8(10)2/h5,7,9H,3-4,6,11H2,1-2H3,(H,12,13). The Balaban J connectivity index is 2.32. The number of rotatable bonds is 3. The molecule has 0 radical (unpaired) electrons. The number of hydrogen-bond donors (Lipinski definition) is 2. The minimum atomic E-state index is -3.43. The molecule has 0 aliphatic carbocycles. The van der Waals surface area contributed by atoms with E-state index in [-0.39, 0.29) is 16.9 Å². The first-order valence-corrected chi connectivity index (χ1v) is 7.12. The normalized spacial score (nSPS) is 26.5. The van der Waals surface area contributed by atoms with Gasteiger partial charge < -0.3 is 5.73 Å². The molecule has 1 aromatic heterocycles. The monoisotopic (exact) mass is 258 g/mol. The van der Waals surface area contributed by atoms with Gasteiger partial charge in [-0.1, -0.05) is 0 Å². The van der Waals surface area contributed by atoms with Gasteiger partial charge in [0, 0.05) is 12.6 Å². The Labute approximate surface area is 101 Å². The first-order chi connectivity index (χ1) is 7.96. The van der Waals surface area contributed by atoms with Crippen molar-refractivity contribution in [3.8, 4) is 0 Å². The molecule has 1 aromatic rings. The topological polar surface area (TPSA) is 92.1 Å². The fourth-order valence-electron chi connectivity index (χ4n) is 2.34. The van der Waals surface area contributed by atoms with Crippen molar-refractivity contribution in [3.63, 3.8) is 0 Å². The van der Waals surface area contributed by atoms with Gasteiger partial charge >= 0.3 is 0 Å². The first-order valence-electron chi connectivity index (χ1n) is 5.68. The molecule has 2 unspecified atom stereocenters. The molecule has 7 heteroatoms. The van der Waals surface area contributed by atoms with Gasteiger partial charge in [0.05, 0.1) is 11.9 Å². The summed E-state index contributed by atoms with van der Waals surface area (Å²) < 4.78 is 26.4. The number of sulfonamides is 1. The average Bonchev–Trinajstić information content (AvgIpc) is 2.84. The number of aromatic nitrogens is 2. The van der Waals surface area contributed by atoms with E-state index in [1.54, 1.807) is 6.92 Å². The van der Waals surface area contributed by atoms with E-state index in [4.69, 9.17) is 5.73 Å². The van der Waals surface area contributed by atoms with Crippen LogP contribution in [0.2, 0.25) is 0 Å². The van der Waals surface area contributed by atoms with Crippen LogP contribution in [0.4, 0.5) is 0 Å². The minimum absolute atomic E-state index is 0.00264. The van der Waals surface area contributed by atoms with Crippen molar-refractivity contribution in [2.24, 2.45) is 11.7 Å². The molecule has 1 saturated heterocycles. The zero-order valence-electron chi connectivity index (χ0n) is 10.0. The molecule has 6 nitrogen and oxygen atoms in total. The molecule has 0 aromatic carbocycles. The van der Waals surface area contributed by atoms with Crippen molar-refractivity contribution >= 4 is 10.0 Å². The zero-order valence-corrected chi connectivity index (χ0v) is 10.9. The van der Waals surface area contributed by atoms with E-state index < -0.39 is 10.0 Å². The van der Waals surface area contributed by atoms with Gasteiger partial charge in [0.2, 0.25) is 10.0 Å². The summed E-state index contributed by atoms with van der Waals surface area (Å²) in [5.74, 6) is 0.256. The van der Waals surface area contributed by atoms with Gasteiger partial charge in [-0.15, -0.1) is 0 Å². The highest BCUT2D eigenvalue weighted by atomic mass is 32.2. The maximum atomic E-state index is 12.4. The number of aryl methyl sites for hydroxylation is 1. The van der Waals surface area contributed by atoms with Crippen molar-refractivity contribution in [3.05, 3.63) is 11.9 Å². The summed E-state index contributed by atoms with van der Waals surface area (Å²) in [5, 5.41) is 6.43. The number of nitrogens with one attached hydrogen (secondary N) is 1. The van der Waals surface area contributed by atoms with Crippen molar-refractivity contribution in [2.75, 3.05) is 13.1 Å². The molecule has 2 rings (SSSR count). The second-order valence-electron chi connectivity index (χ2n) is 4.62. The fraction of sp³-hybridized carbons (Fsp3) is 0.700. The van der Waals surface area contributed by atoms with E-state index in [1.807, 2.05) is 6.92 Å². The molecule has 0 amide bonds. The number of hydrogen-bond acceptors (Lipinski definition) is 4. The lowest BCUT2D eigenvalue weighted by Gasteiger charge is -2.20. The lowest BCUT2D eigenvalue weighted by Crippen LogP contribution is -2.34. The fourth-order valence-corrected chi connectivity index (χ4v) is 4.18. The second kappa shape index (κ2) is 4.40. The molecule has 0 bridgehead atoms. The van der Waals surface area contributed by atoms with Crippen molar-refractivity contribution in [1.29, 1.82) is 0 Å². The smallest absolute Gasteiger partial charge is 0.246 e.